The van der Waals surface area contributed by atoms with Crippen LogP contribution in [-0.2, 0) is 6.42 Å². The third-order valence-electron chi connectivity index (χ3n) is 2.76. The summed E-state index contributed by atoms with van der Waals surface area (Å²) in [6.07, 6.45) is 2.60. The van der Waals surface area contributed by atoms with Gasteiger partial charge < -0.3 is 10.3 Å². The molecule has 0 spiro atoms. The van der Waals surface area contributed by atoms with Gasteiger partial charge in [0, 0.05) is 12.0 Å². The Morgan fingerprint density at radius 3 is 2.83 bits per heavy atom. The monoisotopic (exact) mass is 268 g/mol. The number of nitrogens with zero attached hydrogens (tertiary/aromatic N) is 1. The molecule has 0 saturated carbocycles. The fourth-order valence-corrected chi connectivity index (χ4v) is 2.11. The predicted octanol–water partition coefficient (Wildman–Crippen LogP) is 4.06. The number of nitrogen functional groups attached to an aromatic ring is 1. The molecule has 0 radical (unpaired) electrons. The first-order valence-corrected chi connectivity index (χ1v) is 6.21. The average Bonchev–Trinajstić information content (AvgIpc) is 2.69. The zero-order valence-corrected chi connectivity index (χ0v) is 10.8. The second-order valence-corrected chi connectivity index (χ2v) is 4.47. The molecule has 2 rings (SSSR count). The lowest BCUT2D eigenvalue weighted by Crippen LogP contribution is -1.94. The van der Waals surface area contributed by atoms with Crippen molar-refractivity contribution in [2.45, 2.75) is 26.2 Å². The first-order chi connectivity index (χ1) is 8.65. The second-order valence-electron chi connectivity index (χ2n) is 4.07. The first kappa shape index (κ1) is 12.9. The van der Waals surface area contributed by atoms with Crippen LogP contribution in [0.4, 0.5) is 10.2 Å². The van der Waals surface area contributed by atoms with Crippen molar-refractivity contribution in [1.82, 2.24) is 5.16 Å². The number of rotatable bonds is 4. The van der Waals surface area contributed by atoms with E-state index >= 15 is 0 Å². The lowest BCUT2D eigenvalue weighted by Gasteiger charge is -2.06. The summed E-state index contributed by atoms with van der Waals surface area (Å²) in [7, 11) is 0. The van der Waals surface area contributed by atoms with Crippen LogP contribution in [0.25, 0.3) is 11.1 Å². The molecule has 0 aliphatic carbocycles. The molecule has 0 atom stereocenters. The van der Waals surface area contributed by atoms with Crippen LogP contribution in [0.15, 0.2) is 22.7 Å². The molecule has 0 bridgehead atoms. The summed E-state index contributed by atoms with van der Waals surface area (Å²) in [6, 6.07) is 4.52. The Bertz CT molecular complexity index is 534. The number of anilines is 1. The number of nitrogens with two attached hydrogens (primary N) is 1. The quantitative estimate of drug-likeness (QED) is 0.910. The van der Waals surface area contributed by atoms with E-state index in [9.17, 15) is 4.39 Å². The Morgan fingerprint density at radius 2 is 2.17 bits per heavy atom. The molecule has 0 aliphatic heterocycles. The molecule has 18 heavy (non-hydrogen) atoms. The van der Waals surface area contributed by atoms with Crippen molar-refractivity contribution < 1.29 is 8.91 Å². The molecule has 0 saturated heterocycles. The van der Waals surface area contributed by atoms with Crippen LogP contribution < -0.4 is 5.73 Å². The zero-order valence-electron chi connectivity index (χ0n) is 10.0. The molecule has 1 heterocycles. The minimum Gasteiger partial charge on any atom is -0.380 e. The van der Waals surface area contributed by atoms with E-state index in [2.05, 4.69) is 12.1 Å². The maximum Gasteiger partial charge on any atom is 0.175 e. The number of unbranched alkanes of at least 4 members (excludes halogenated alkanes) is 1. The standard InChI is InChI=1S/C13H14ClFN2O/c1-2-3-7-10-12(13(16)17-18-10)11-8(14)5-4-6-9(11)15/h4-6H,2-3,7H2,1H3,(H2,16,17). The van der Waals surface area contributed by atoms with E-state index in [1.165, 1.54) is 6.07 Å². The summed E-state index contributed by atoms with van der Waals surface area (Å²) in [4.78, 5) is 0. The van der Waals surface area contributed by atoms with E-state index in [0.717, 1.165) is 12.8 Å². The smallest absolute Gasteiger partial charge is 0.175 e. The van der Waals surface area contributed by atoms with Crippen LogP contribution in [0.3, 0.4) is 0 Å². The van der Waals surface area contributed by atoms with Crippen LogP contribution in [0.2, 0.25) is 5.02 Å². The van der Waals surface area contributed by atoms with Gasteiger partial charge in [-0.2, -0.15) is 0 Å². The van der Waals surface area contributed by atoms with Crippen molar-refractivity contribution in [2.75, 3.05) is 5.73 Å². The highest BCUT2D eigenvalue weighted by molar-refractivity contribution is 6.33. The molecular formula is C13H14ClFN2O. The first-order valence-electron chi connectivity index (χ1n) is 5.83. The van der Waals surface area contributed by atoms with Gasteiger partial charge in [-0.1, -0.05) is 36.2 Å². The lowest BCUT2D eigenvalue weighted by atomic mass is 10.0. The Hall–Kier alpha value is -1.55. The van der Waals surface area contributed by atoms with E-state index < -0.39 is 5.82 Å². The van der Waals surface area contributed by atoms with Crippen LogP contribution in [-0.4, -0.2) is 5.16 Å². The van der Waals surface area contributed by atoms with E-state index in [1.54, 1.807) is 12.1 Å². The zero-order chi connectivity index (χ0) is 13.1. The van der Waals surface area contributed by atoms with Gasteiger partial charge in [-0.15, -0.1) is 0 Å². The van der Waals surface area contributed by atoms with Gasteiger partial charge in [0.05, 0.1) is 10.6 Å². The van der Waals surface area contributed by atoms with Gasteiger partial charge in [-0.05, 0) is 18.6 Å². The SMILES string of the molecule is CCCCc1onc(N)c1-c1c(F)cccc1Cl. The highest BCUT2D eigenvalue weighted by Crippen LogP contribution is 2.37. The van der Waals surface area contributed by atoms with Gasteiger partial charge in [-0.3, -0.25) is 0 Å². The number of hydrogen-bond donors (Lipinski definition) is 1. The summed E-state index contributed by atoms with van der Waals surface area (Å²) in [5.41, 5.74) is 6.50. The maximum atomic E-state index is 13.9. The molecule has 3 nitrogen and oxygen atoms in total. The molecule has 0 fully saturated rings. The van der Waals surface area contributed by atoms with Gasteiger partial charge >= 0.3 is 0 Å². The third kappa shape index (κ3) is 2.34. The number of benzene rings is 1. The normalized spacial score (nSPS) is 10.8. The van der Waals surface area contributed by atoms with E-state index in [4.69, 9.17) is 21.9 Å². The lowest BCUT2D eigenvalue weighted by molar-refractivity contribution is 0.383. The Labute approximate surface area is 110 Å². The van der Waals surface area contributed by atoms with Crippen molar-refractivity contribution in [1.29, 1.82) is 0 Å². The highest BCUT2D eigenvalue weighted by Gasteiger charge is 2.21. The molecule has 2 aromatic rings. The number of aromatic nitrogens is 1. The largest absolute Gasteiger partial charge is 0.380 e. The minimum atomic E-state index is -0.421. The Balaban J connectivity index is 2.52. The van der Waals surface area contributed by atoms with E-state index in [0.29, 0.717) is 22.8 Å². The molecule has 0 aliphatic rings. The van der Waals surface area contributed by atoms with Crippen molar-refractivity contribution in [2.24, 2.45) is 0 Å². The summed E-state index contributed by atoms with van der Waals surface area (Å²) < 4.78 is 19.0. The Morgan fingerprint density at radius 1 is 1.39 bits per heavy atom. The summed E-state index contributed by atoms with van der Waals surface area (Å²) in [6.45, 7) is 2.06. The number of halogens is 2. The average molecular weight is 269 g/mol. The Kier molecular flexibility index (Phi) is 3.87. The van der Waals surface area contributed by atoms with Gasteiger partial charge in [0.1, 0.15) is 11.6 Å². The summed E-state index contributed by atoms with van der Waals surface area (Å²) >= 11 is 6.03. The van der Waals surface area contributed by atoms with Crippen molar-refractivity contribution >= 4 is 17.4 Å². The molecule has 96 valence electrons. The van der Waals surface area contributed by atoms with Gasteiger partial charge in [0.15, 0.2) is 5.82 Å². The molecule has 0 unspecified atom stereocenters. The van der Waals surface area contributed by atoms with Crippen LogP contribution in [0, 0.1) is 5.82 Å². The third-order valence-corrected chi connectivity index (χ3v) is 3.07. The van der Waals surface area contributed by atoms with Crippen LogP contribution in [0.5, 0.6) is 0 Å². The van der Waals surface area contributed by atoms with E-state index in [-0.39, 0.29) is 11.4 Å². The second kappa shape index (κ2) is 5.40. The number of hydrogen-bond acceptors (Lipinski definition) is 3. The van der Waals surface area contributed by atoms with Gasteiger partial charge in [-0.25, -0.2) is 4.39 Å². The number of aryl methyl sites for hydroxylation is 1. The summed E-state index contributed by atoms with van der Waals surface area (Å²) in [5, 5.41) is 4.01. The van der Waals surface area contributed by atoms with Crippen molar-refractivity contribution in [3.8, 4) is 11.1 Å². The molecule has 0 amide bonds. The van der Waals surface area contributed by atoms with Gasteiger partial charge in [0.25, 0.3) is 0 Å². The van der Waals surface area contributed by atoms with Crippen LogP contribution in [0.1, 0.15) is 25.5 Å². The molecule has 1 aromatic carbocycles. The van der Waals surface area contributed by atoms with Gasteiger partial charge in [0.2, 0.25) is 0 Å². The maximum absolute atomic E-state index is 13.9. The van der Waals surface area contributed by atoms with Crippen LogP contribution >= 0.6 is 11.6 Å². The fraction of sp³-hybridized carbons (Fsp3) is 0.308. The predicted molar refractivity (Wildman–Crippen MR) is 69.9 cm³/mol. The summed E-state index contributed by atoms with van der Waals surface area (Å²) in [5.74, 6) is 0.338. The molecule has 1 aromatic heterocycles. The topological polar surface area (TPSA) is 52.0 Å². The highest BCUT2D eigenvalue weighted by atomic mass is 35.5. The molecule has 2 N–H and O–H groups in total. The van der Waals surface area contributed by atoms with Crippen molar-refractivity contribution in [3.05, 3.63) is 34.8 Å². The fourth-order valence-electron chi connectivity index (χ4n) is 1.85. The van der Waals surface area contributed by atoms with E-state index in [1.807, 2.05) is 0 Å². The van der Waals surface area contributed by atoms with Crippen molar-refractivity contribution in [3.63, 3.8) is 0 Å². The molecule has 5 heteroatoms. The minimum absolute atomic E-state index is 0.174. The molecular weight excluding hydrogens is 255 g/mol.